The predicted octanol–water partition coefficient (Wildman–Crippen LogP) is 5.33. The molecule has 2 atom stereocenters. The highest BCUT2D eigenvalue weighted by atomic mass is 35.5. The smallest absolute Gasteiger partial charge is 0.328 e. The summed E-state index contributed by atoms with van der Waals surface area (Å²) in [5.74, 6) is 2.98. The Morgan fingerprint density at radius 2 is 1.79 bits per heavy atom. The van der Waals surface area contributed by atoms with Gasteiger partial charge in [-0.25, -0.2) is 4.79 Å². The zero-order chi connectivity index (χ0) is 38.3. The van der Waals surface area contributed by atoms with E-state index in [-0.39, 0.29) is 36.4 Å². The summed E-state index contributed by atoms with van der Waals surface area (Å²) in [4.78, 5) is 43.9. The van der Waals surface area contributed by atoms with Gasteiger partial charge >= 0.3 is 6.03 Å². The minimum Gasteiger partial charge on any atom is -0.490 e. The molecule has 6 fully saturated rings. The number of nitrogens with one attached hydrogen (secondary N) is 2. The number of rotatable bonds is 9. The fourth-order valence-electron chi connectivity index (χ4n) is 9.55. The van der Waals surface area contributed by atoms with Crippen molar-refractivity contribution in [3.05, 3.63) is 71.0 Å². The number of piperidine rings is 3. The molecule has 0 spiro atoms. The van der Waals surface area contributed by atoms with Crippen molar-refractivity contribution >= 4 is 51.9 Å². The number of hydrogen-bond acceptors (Lipinski definition) is 10. The summed E-state index contributed by atoms with van der Waals surface area (Å²) in [7, 11) is 0. The van der Waals surface area contributed by atoms with E-state index in [2.05, 4.69) is 47.4 Å². The minimum atomic E-state index is -0.379. The summed E-state index contributed by atoms with van der Waals surface area (Å²) >= 11 is 6.16. The molecule has 0 radical (unpaired) electrons. The third-order valence-corrected chi connectivity index (χ3v) is 13.0. The van der Waals surface area contributed by atoms with Crippen LogP contribution in [0.2, 0.25) is 5.02 Å². The second-order valence-electron chi connectivity index (χ2n) is 16.0. The van der Waals surface area contributed by atoms with Crippen molar-refractivity contribution < 1.29 is 19.1 Å². The second kappa shape index (κ2) is 15.3. The molecule has 56 heavy (non-hydrogen) atoms. The molecular formula is C41H45ClN10O4. The largest absolute Gasteiger partial charge is 0.490 e. The van der Waals surface area contributed by atoms with Gasteiger partial charge < -0.3 is 19.9 Å². The molecule has 4 aromatic rings. The van der Waals surface area contributed by atoms with Crippen LogP contribution in [-0.4, -0.2) is 94.1 Å². The second-order valence-corrected chi connectivity index (χ2v) is 16.4. The lowest BCUT2D eigenvalue weighted by molar-refractivity contribution is -0.120. The van der Waals surface area contributed by atoms with Crippen LogP contribution in [-0.2, 0) is 4.79 Å². The number of nitriles is 1. The number of urea groups is 1. The molecule has 2 aliphatic carbocycles. The van der Waals surface area contributed by atoms with Crippen molar-refractivity contribution in [3.8, 4) is 11.8 Å². The Kier molecular flexibility index (Phi) is 9.97. The number of likely N-dealkylation sites (tertiary alicyclic amines) is 1. The van der Waals surface area contributed by atoms with E-state index >= 15 is 0 Å². The van der Waals surface area contributed by atoms with Gasteiger partial charge in [0.15, 0.2) is 11.5 Å². The average Bonchev–Trinajstić information content (AvgIpc) is 3.66. The summed E-state index contributed by atoms with van der Waals surface area (Å²) in [5, 5.41) is 29.6. The molecule has 14 nitrogen and oxygen atoms in total. The highest BCUT2D eigenvalue weighted by molar-refractivity contribution is 6.31. The van der Waals surface area contributed by atoms with E-state index < -0.39 is 0 Å². The third kappa shape index (κ3) is 7.25. The quantitative estimate of drug-likeness (QED) is 0.228. The molecule has 2 unspecified atom stereocenters. The van der Waals surface area contributed by atoms with Gasteiger partial charge in [0.05, 0.1) is 40.1 Å². The number of carbonyl (C=O) groups is 3. The van der Waals surface area contributed by atoms with Gasteiger partial charge in [0.25, 0.3) is 5.91 Å². The zero-order valence-electron chi connectivity index (χ0n) is 31.1. The minimum absolute atomic E-state index is 0.0339. The lowest BCUT2D eigenvalue weighted by Crippen LogP contribution is -2.58. The van der Waals surface area contributed by atoms with Crippen LogP contribution in [0.25, 0.3) is 10.9 Å². The monoisotopic (exact) mass is 776 g/mol. The first-order chi connectivity index (χ1) is 27.3. The number of nitrogens with zero attached hydrogens (tertiary/aromatic N) is 8. The number of halogens is 1. The number of aromatic nitrogens is 4. The Labute approximate surface area is 330 Å². The molecule has 2 aromatic heterocycles. The number of carbonyl (C=O) groups excluding carboxylic acids is 3. The van der Waals surface area contributed by atoms with E-state index in [1.165, 1.54) is 6.42 Å². The number of ether oxygens (including phenoxy) is 1. The molecule has 2 N–H and O–H groups in total. The third-order valence-electron chi connectivity index (χ3n) is 12.6. The van der Waals surface area contributed by atoms with Gasteiger partial charge in [0, 0.05) is 63.2 Å². The van der Waals surface area contributed by atoms with Crippen LogP contribution in [0, 0.1) is 29.1 Å². The molecule has 15 heteroatoms. The summed E-state index contributed by atoms with van der Waals surface area (Å²) in [5.41, 5.74) is 2.57. The zero-order valence-corrected chi connectivity index (χ0v) is 31.9. The summed E-state index contributed by atoms with van der Waals surface area (Å²) in [6, 6.07) is 16.8. The Balaban J connectivity index is 0.724. The highest BCUT2D eigenvalue weighted by Crippen LogP contribution is 2.47. The predicted molar refractivity (Wildman–Crippen MR) is 210 cm³/mol. The van der Waals surface area contributed by atoms with Gasteiger partial charge in [-0.3, -0.25) is 24.5 Å². The first-order valence-electron chi connectivity index (χ1n) is 19.9. The number of anilines is 2. The molecule has 2 bridgehead atoms. The van der Waals surface area contributed by atoms with Crippen LogP contribution in [0.1, 0.15) is 73.5 Å². The van der Waals surface area contributed by atoms with E-state index in [0.717, 1.165) is 93.7 Å². The number of fused-ring (bicyclic) bond motifs is 3. The van der Waals surface area contributed by atoms with Crippen LogP contribution >= 0.6 is 11.6 Å². The maximum Gasteiger partial charge on any atom is 0.328 e. The number of imide groups is 1. The van der Waals surface area contributed by atoms with E-state index in [1.54, 1.807) is 29.2 Å². The van der Waals surface area contributed by atoms with Crippen molar-refractivity contribution in [2.75, 3.05) is 49.1 Å². The van der Waals surface area contributed by atoms with E-state index in [0.29, 0.717) is 52.4 Å². The van der Waals surface area contributed by atoms with Crippen LogP contribution in [0.3, 0.4) is 0 Å². The Morgan fingerprint density at radius 3 is 2.50 bits per heavy atom. The van der Waals surface area contributed by atoms with E-state index in [4.69, 9.17) is 26.7 Å². The SMILES string of the molecule is N#Cc1ccc(O[C@H]2CC[C@H](NC(=O)c3ccc(N4CC5CC(C4)C5CN4CCC(n5ncc6c(N7CCC(=O)NC7=O)cccc65)CC4)nn3)CC2)cc1Cl. The normalized spacial score (nSPS) is 25.7. The van der Waals surface area contributed by atoms with Crippen LogP contribution in [0.4, 0.5) is 16.3 Å². The van der Waals surface area contributed by atoms with Crippen molar-refractivity contribution in [2.24, 2.45) is 17.8 Å². The molecule has 290 valence electrons. The lowest BCUT2D eigenvalue weighted by atomic mass is 9.61. The van der Waals surface area contributed by atoms with Gasteiger partial charge in [0.1, 0.15) is 11.8 Å². The van der Waals surface area contributed by atoms with Gasteiger partial charge in [-0.15, -0.1) is 10.2 Å². The molecule has 4 saturated heterocycles. The van der Waals surface area contributed by atoms with Gasteiger partial charge in [0.2, 0.25) is 5.91 Å². The van der Waals surface area contributed by atoms with Gasteiger partial charge in [-0.2, -0.15) is 10.4 Å². The van der Waals surface area contributed by atoms with Crippen LogP contribution in [0.5, 0.6) is 5.75 Å². The Hall–Kier alpha value is -5.26. The molecule has 4 amide bonds. The van der Waals surface area contributed by atoms with E-state index in [9.17, 15) is 14.4 Å². The highest BCUT2D eigenvalue weighted by Gasteiger charge is 2.47. The number of amides is 4. The molecule has 6 aliphatic rings. The summed E-state index contributed by atoms with van der Waals surface area (Å²) in [6.07, 6.45) is 8.70. The fraction of sp³-hybridized carbons (Fsp3) is 0.488. The van der Waals surface area contributed by atoms with Crippen molar-refractivity contribution in [1.29, 1.82) is 5.26 Å². The average molecular weight is 777 g/mol. The summed E-state index contributed by atoms with van der Waals surface area (Å²) < 4.78 is 8.23. The van der Waals surface area contributed by atoms with Crippen LogP contribution < -0.4 is 25.2 Å². The first kappa shape index (κ1) is 36.4. The molecule has 4 aliphatic heterocycles. The van der Waals surface area contributed by atoms with Crippen LogP contribution in [0.15, 0.2) is 54.7 Å². The maximum atomic E-state index is 13.1. The molecule has 6 heterocycles. The standard InChI is InChI=1S/C41H45ClN10O4/c42-34-19-31(7-4-25(34)20-43)56-30-8-5-28(6-9-30)45-40(54)35-10-11-38(48-47-35)50-22-26-18-27(23-50)33(26)24-49-15-12-29(13-16-49)52-37-3-1-2-36(32(37)21-44-52)51-17-14-39(53)46-41(51)55/h1-4,7,10-11,19,21,26-30,33H,5-6,8-9,12-18,22-24H2,(H,45,54)(H,46,53,55)/t26?,27?,28-,30-,33?. The molecule has 2 aromatic carbocycles. The van der Waals surface area contributed by atoms with Crippen molar-refractivity contribution in [1.82, 2.24) is 35.5 Å². The van der Waals surface area contributed by atoms with Gasteiger partial charge in [-0.1, -0.05) is 17.7 Å². The van der Waals surface area contributed by atoms with Gasteiger partial charge in [-0.05, 0) is 99.1 Å². The molecule has 2 saturated carbocycles. The maximum absolute atomic E-state index is 13.1. The Bertz CT molecular complexity index is 2160. The number of benzene rings is 2. The van der Waals surface area contributed by atoms with Crippen molar-refractivity contribution in [2.45, 2.75) is 69.6 Å². The van der Waals surface area contributed by atoms with Crippen molar-refractivity contribution in [3.63, 3.8) is 0 Å². The Morgan fingerprint density at radius 1 is 0.982 bits per heavy atom. The molecular weight excluding hydrogens is 732 g/mol. The fourth-order valence-corrected chi connectivity index (χ4v) is 9.76. The lowest BCUT2D eigenvalue weighted by Gasteiger charge is -2.55. The van der Waals surface area contributed by atoms with E-state index in [1.807, 2.05) is 24.4 Å². The topological polar surface area (TPSA) is 162 Å². The summed E-state index contributed by atoms with van der Waals surface area (Å²) in [6.45, 7) is 5.46. The number of hydrogen-bond donors (Lipinski definition) is 2. The first-order valence-corrected chi connectivity index (χ1v) is 20.2. The molecule has 10 rings (SSSR count).